The van der Waals surface area contributed by atoms with Crippen LogP contribution in [0.25, 0.3) is 10.4 Å². The number of H-pyrrole nitrogens is 2. The number of amides is 1. The maximum absolute atomic E-state index is 13.3. The first kappa shape index (κ1) is 26.6. The van der Waals surface area contributed by atoms with Crippen LogP contribution in [0.3, 0.4) is 0 Å². The van der Waals surface area contributed by atoms with Crippen molar-refractivity contribution in [2.75, 3.05) is 0 Å². The lowest BCUT2D eigenvalue weighted by Crippen LogP contribution is -2.34. The smallest absolute Gasteiger partial charge is 0.405 e. The molecule has 12 heteroatoms. The van der Waals surface area contributed by atoms with Crippen molar-refractivity contribution in [3.63, 3.8) is 0 Å². The van der Waals surface area contributed by atoms with Gasteiger partial charge in [-0.15, -0.1) is 24.5 Å². The Morgan fingerprint density at radius 2 is 1.68 bits per heavy atom. The first-order valence-corrected chi connectivity index (χ1v) is 12.0. The van der Waals surface area contributed by atoms with Crippen LogP contribution in [0.5, 0.6) is 5.75 Å². The van der Waals surface area contributed by atoms with Crippen molar-refractivity contribution in [1.82, 2.24) is 14.9 Å². The van der Waals surface area contributed by atoms with Crippen molar-refractivity contribution in [2.45, 2.75) is 26.4 Å². The number of nitrogens with one attached hydrogen (secondary N) is 2. The standard InChI is InChI=1S/C26H20F3N3O5S/c1-15(33)21-9-10-22(38-21)17-7-8-18(20(11-17)37-26(27,28)29)14-32(13-16-5-3-2-4-6-16)24(35)19-12-23(34)31-25(36)30-19/h2-12H,13-14H2,1H3,(H2,30,31,34,36). The highest BCUT2D eigenvalue weighted by atomic mass is 32.1. The maximum Gasteiger partial charge on any atom is 0.573 e. The molecule has 4 rings (SSSR count). The molecule has 38 heavy (non-hydrogen) atoms. The molecule has 2 N–H and O–H groups in total. The average molecular weight is 544 g/mol. The Kier molecular flexibility index (Phi) is 7.62. The minimum Gasteiger partial charge on any atom is -0.405 e. The fraction of sp³-hybridized carbons (Fsp3) is 0.154. The number of carbonyl (C=O) groups excluding carboxylic acids is 2. The zero-order valence-electron chi connectivity index (χ0n) is 19.8. The van der Waals surface area contributed by atoms with Crippen molar-refractivity contribution in [1.29, 1.82) is 0 Å². The number of carbonyl (C=O) groups is 2. The van der Waals surface area contributed by atoms with Gasteiger partial charge in [0.25, 0.3) is 11.5 Å². The van der Waals surface area contributed by atoms with E-state index >= 15 is 0 Å². The molecule has 0 aliphatic carbocycles. The molecule has 0 aliphatic rings. The average Bonchev–Trinajstić information content (AvgIpc) is 3.34. The molecule has 0 spiro atoms. The number of hydrogen-bond donors (Lipinski definition) is 2. The summed E-state index contributed by atoms with van der Waals surface area (Å²) in [6, 6.07) is 16.9. The number of alkyl halides is 3. The predicted molar refractivity (Wildman–Crippen MR) is 134 cm³/mol. The van der Waals surface area contributed by atoms with Gasteiger partial charge < -0.3 is 14.6 Å². The summed E-state index contributed by atoms with van der Waals surface area (Å²) in [6.45, 7) is 1.02. The van der Waals surface area contributed by atoms with E-state index in [-0.39, 0.29) is 30.1 Å². The second-order valence-electron chi connectivity index (χ2n) is 8.24. The van der Waals surface area contributed by atoms with Crippen LogP contribution in [0.1, 0.15) is 38.2 Å². The van der Waals surface area contributed by atoms with Gasteiger partial charge in [0, 0.05) is 23.1 Å². The van der Waals surface area contributed by atoms with Crippen LogP contribution in [0.2, 0.25) is 0 Å². The lowest BCUT2D eigenvalue weighted by molar-refractivity contribution is -0.274. The fourth-order valence-electron chi connectivity index (χ4n) is 3.70. The Morgan fingerprint density at radius 3 is 2.32 bits per heavy atom. The van der Waals surface area contributed by atoms with Crippen LogP contribution in [0.4, 0.5) is 13.2 Å². The lowest BCUT2D eigenvalue weighted by atomic mass is 10.1. The Labute approximate surface area is 217 Å². The molecular formula is C26H20F3N3O5S. The van der Waals surface area contributed by atoms with E-state index in [0.717, 1.165) is 17.4 Å². The van der Waals surface area contributed by atoms with Gasteiger partial charge in [0.15, 0.2) is 5.78 Å². The number of hydrogen-bond acceptors (Lipinski definition) is 6. The molecular weight excluding hydrogens is 523 g/mol. The number of rotatable bonds is 8. The topological polar surface area (TPSA) is 112 Å². The number of ketones is 1. The molecule has 0 saturated carbocycles. The summed E-state index contributed by atoms with van der Waals surface area (Å²) in [4.78, 5) is 54.9. The molecule has 0 bridgehead atoms. The minimum atomic E-state index is -5.01. The van der Waals surface area contributed by atoms with Crippen molar-refractivity contribution in [3.8, 4) is 16.2 Å². The molecule has 2 heterocycles. The second kappa shape index (κ2) is 10.9. The minimum absolute atomic E-state index is 0.0331. The van der Waals surface area contributed by atoms with E-state index in [0.29, 0.717) is 20.9 Å². The monoisotopic (exact) mass is 543 g/mol. The summed E-state index contributed by atoms with van der Waals surface area (Å²) in [5.41, 5.74) is -0.926. The van der Waals surface area contributed by atoms with Gasteiger partial charge in [-0.1, -0.05) is 42.5 Å². The Hall–Kier alpha value is -4.45. The highest BCUT2D eigenvalue weighted by molar-refractivity contribution is 7.17. The predicted octanol–water partition coefficient (Wildman–Crippen LogP) is 4.74. The van der Waals surface area contributed by atoms with Crippen LogP contribution >= 0.6 is 11.3 Å². The SMILES string of the molecule is CC(=O)c1ccc(-c2ccc(CN(Cc3ccccc3)C(=O)c3cc(=O)[nH]c(=O)[nH]3)c(OC(F)(F)F)c2)s1. The number of ether oxygens (including phenoxy) is 1. The van der Waals surface area contributed by atoms with Crippen LogP contribution in [-0.4, -0.2) is 32.9 Å². The molecule has 0 aliphatic heterocycles. The molecule has 0 atom stereocenters. The molecule has 0 unspecified atom stereocenters. The van der Waals surface area contributed by atoms with Gasteiger partial charge in [-0.2, -0.15) is 0 Å². The number of Topliss-reactive ketones (excluding diaryl/α,β-unsaturated/α-hetero) is 1. The van der Waals surface area contributed by atoms with Gasteiger partial charge in [0.05, 0.1) is 11.4 Å². The molecule has 8 nitrogen and oxygen atoms in total. The van der Waals surface area contributed by atoms with E-state index in [4.69, 9.17) is 0 Å². The molecule has 2 aromatic carbocycles. The molecule has 0 fully saturated rings. The largest absolute Gasteiger partial charge is 0.573 e. The number of aromatic nitrogens is 2. The fourth-order valence-corrected chi connectivity index (χ4v) is 4.60. The third kappa shape index (κ3) is 6.65. The Morgan fingerprint density at radius 1 is 0.947 bits per heavy atom. The molecule has 0 saturated heterocycles. The van der Waals surface area contributed by atoms with Gasteiger partial charge in [-0.3, -0.25) is 19.4 Å². The third-order valence-corrected chi connectivity index (χ3v) is 6.62. The van der Waals surface area contributed by atoms with Crippen LogP contribution in [0, 0.1) is 0 Å². The quantitative estimate of drug-likeness (QED) is 0.312. The Bertz CT molecular complexity index is 1560. The number of nitrogens with zero attached hydrogens (tertiary/aromatic N) is 1. The third-order valence-electron chi connectivity index (χ3n) is 5.39. The van der Waals surface area contributed by atoms with Gasteiger partial charge >= 0.3 is 12.1 Å². The summed E-state index contributed by atoms with van der Waals surface area (Å²) in [6.07, 6.45) is -5.01. The number of benzene rings is 2. The first-order chi connectivity index (χ1) is 18.0. The van der Waals surface area contributed by atoms with Gasteiger partial charge in [-0.25, -0.2) is 4.79 Å². The van der Waals surface area contributed by atoms with Gasteiger partial charge in [0.2, 0.25) is 0 Å². The second-order valence-corrected chi connectivity index (χ2v) is 9.32. The van der Waals surface area contributed by atoms with Crippen molar-refractivity contribution in [3.05, 3.63) is 109 Å². The first-order valence-electron chi connectivity index (χ1n) is 11.1. The van der Waals surface area contributed by atoms with Crippen LogP contribution in [-0.2, 0) is 13.1 Å². The summed E-state index contributed by atoms with van der Waals surface area (Å²) >= 11 is 1.13. The number of aromatic amines is 2. The Balaban J connectivity index is 1.74. The highest BCUT2D eigenvalue weighted by Gasteiger charge is 2.33. The highest BCUT2D eigenvalue weighted by Crippen LogP contribution is 2.35. The molecule has 196 valence electrons. The van der Waals surface area contributed by atoms with Gasteiger partial charge in [-0.05, 0) is 36.2 Å². The molecule has 0 radical (unpaired) electrons. The number of halogens is 3. The van der Waals surface area contributed by atoms with E-state index < -0.39 is 29.3 Å². The molecule has 2 aromatic heterocycles. The van der Waals surface area contributed by atoms with E-state index in [1.807, 2.05) is 4.98 Å². The maximum atomic E-state index is 13.3. The van der Waals surface area contributed by atoms with E-state index in [2.05, 4.69) is 9.72 Å². The number of thiophene rings is 1. The van der Waals surface area contributed by atoms with Crippen LogP contribution in [0.15, 0.2) is 76.3 Å². The van der Waals surface area contributed by atoms with Crippen molar-refractivity contribution < 1.29 is 27.5 Å². The molecule has 1 amide bonds. The molecule has 4 aromatic rings. The summed E-state index contributed by atoms with van der Waals surface area (Å²) in [5, 5.41) is 0. The van der Waals surface area contributed by atoms with E-state index in [1.165, 1.54) is 24.0 Å². The lowest BCUT2D eigenvalue weighted by Gasteiger charge is -2.24. The summed E-state index contributed by atoms with van der Waals surface area (Å²) in [7, 11) is 0. The zero-order valence-corrected chi connectivity index (χ0v) is 20.6. The normalized spacial score (nSPS) is 11.3. The van der Waals surface area contributed by atoms with E-state index in [9.17, 15) is 32.3 Å². The van der Waals surface area contributed by atoms with Crippen molar-refractivity contribution >= 4 is 23.0 Å². The summed E-state index contributed by atoms with van der Waals surface area (Å²) < 4.78 is 44.3. The summed E-state index contributed by atoms with van der Waals surface area (Å²) in [5.74, 6) is -1.47. The van der Waals surface area contributed by atoms with Crippen LogP contribution < -0.4 is 16.0 Å². The zero-order chi connectivity index (χ0) is 27.4. The van der Waals surface area contributed by atoms with Crippen molar-refractivity contribution in [2.24, 2.45) is 0 Å². The van der Waals surface area contributed by atoms with E-state index in [1.54, 1.807) is 48.5 Å². The van der Waals surface area contributed by atoms with Gasteiger partial charge in [0.1, 0.15) is 11.4 Å².